The largest absolute Gasteiger partial charge is 0.416 e. The average molecular weight is 329 g/mol. The maximum absolute atomic E-state index is 13.1. The molecule has 0 N–H and O–H groups in total. The molecule has 0 atom stereocenters. The number of aromatic nitrogens is 4. The summed E-state index contributed by atoms with van der Waals surface area (Å²) >= 11 is 0. The molecule has 0 spiro atoms. The highest BCUT2D eigenvalue weighted by molar-refractivity contribution is 5.94. The van der Waals surface area contributed by atoms with Crippen molar-refractivity contribution in [1.29, 1.82) is 0 Å². The molecule has 3 heterocycles. The van der Waals surface area contributed by atoms with Crippen LogP contribution >= 0.6 is 0 Å². The Morgan fingerprint density at radius 1 is 1.08 bits per heavy atom. The van der Waals surface area contributed by atoms with E-state index in [1.165, 1.54) is 12.4 Å². The van der Waals surface area contributed by atoms with E-state index in [-0.39, 0.29) is 6.54 Å². The Morgan fingerprint density at radius 2 is 1.88 bits per heavy atom. The van der Waals surface area contributed by atoms with Gasteiger partial charge in [0.2, 0.25) is 5.95 Å². The van der Waals surface area contributed by atoms with Crippen LogP contribution in [0.1, 0.15) is 16.7 Å². The third-order valence-electron chi connectivity index (χ3n) is 3.76. The van der Waals surface area contributed by atoms with Gasteiger partial charge in [0.1, 0.15) is 6.33 Å². The van der Waals surface area contributed by atoms with Crippen LogP contribution in [0.15, 0.2) is 48.2 Å². The lowest BCUT2D eigenvalue weighted by molar-refractivity contribution is -0.137. The van der Waals surface area contributed by atoms with Crippen molar-refractivity contribution in [3.63, 3.8) is 0 Å². The van der Waals surface area contributed by atoms with Gasteiger partial charge in [0.15, 0.2) is 0 Å². The van der Waals surface area contributed by atoms with Crippen LogP contribution in [0.3, 0.4) is 0 Å². The van der Waals surface area contributed by atoms with Gasteiger partial charge < -0.3 is 0 Å². The van der Waals surface area contributed by atoms with Crippen molar-refractivity contribution in [1.82, 2.24) is 19.5 Å². The van der Waals surface area contributed by atoms with Crippen molar-refractivity contribution >= 4 is 6.21 Å². The highest BCUT2D eigenvalue weighted by Gasteiger charge is 2.32. The van der Waals surface area contributed by atoms with E-state index in [9.17, 15) is 13.2 Å². The van der Waals surface area contributed by atoms with Gasteiger partial charge in [-0.05, 0) is 23.3 Å². The van der Waals surface area contributed by atoms with Crippen LogP contribution < -0.4 is 0 Å². The fourth-order valence-electron chi connectivity index (χ4n) is 2.61. The van der Waals surface area contributed by atoms with E-state index in [1.807, 2.05) is 0 Å². The molecule has 0 fully saturated rings. The number of aliphatic imine (C=N–C) groups is 1. The SMILES string of the molecule is FC(F)(F)c1cc2c(c(-c3cnc(-n4ccnc4)nc3)c1)C=NC2. The summed E-state index contributed by atoms with van der Waals surface area (Å²) in [5, 5.41) is 0. The highest BCUT2D eigenvalue weighted by atomic mass is 19.4. The molecule has 1 aromatic carbocycles. The van der Waals surface area contributed by atoms with Gasteiger partial charge in [-0.1, -0.05) is 0 Å². The van der Waals surface area contributed by atoms with Crippen molar-refractivity contribution < 1.29 is 13.2 Å². The summed E-state index contributed by atoms with van der Waals surface area (Å²) in [4.78, 5) is 16.4. The number of imidazole rings is 1. The van der Waals surface area contributed by atoms with Gasteiger partial charge in [0, 0.05) is 42.1 Å². The molecule has 2 aromatic heterocycles. The molecule has 1 aliphatic rings. The maximum Gasteiger partial charge on any atom is 0.416 e. The molecule has 3 aromatic rings. The van der Waals surface area contributed by atoms with Crippen molar-refractivity contribution in [2.45, 2.75) is 12.7 Å². The molecule has 0 radical (unpaired) electrons. The van der Waals surface area contributed by atoms with Crippen LogP contribution in [0.4, 0.5) is 13.2 Å². The number of halogens is 3. The van der Waals surface area contributed by atoms with E-state index < -0.39 is 11.7 Å². The lowest BCUT2D eigenvalue weighted by Gasteiger charge is -2.13. The second-order valence-corrected chi connectivity index (χ2v) is 5.31. The first-order valence-electron chi connectivity index (χ1n) is 7.07. The minimum Gasteiger partial charge on any atom is -0.288 e. The van der Waals surface area contributed by atoms with Gasteiger partial charge in [-0.3, -0.25) is 9.56 Å². The predicted molar refractivity (Wildman–Crippen MR) is 80.9 cm³/mol. The normalized spacial score (nSPS) is 13.3. The number of nitrogens with zero attached hydrogens (tertiary/aromatic N) is 5. The molecule has 120 valence electrons. The Morgan fingerprint density at radius 3 is 2.54 bits per heavy atom. The zero-order chi connectivity index (χ0) is 16.7. The minimum atomic E-state index is -4.41. The number of benzene rings is 1. The van der Waals surface area contributed by atoms with Crippen LogP contribution in [-0.4, -0.2) is 25.7 Å². The fraction of sp³-hybridized carbons (Fsp3) is 0.125. The first-order valence-corrected chi connectivity index (χ1v) is 7.07. The molecule has 4 rings (SSSR count). The molecule has 0 aliphatic carbocycles. The zero-order valence-electron chi connectivity index (χ0n) is 12.2. The quantitative estimate of drug-likeness (QED) is 0.725. The van der Waals surface area contributed by atoms with Crippen LogP contribution in [0.2, 0.25) is 0 Å². The molecular weight excluding hydrogens is 319 g/mol. The third kappa shape index (κ3) is 2.45. The maximum atomic E-state index is 13.1. The molecule has 0 bridgehead atoms. The molecule has 8 heteroatoms. The lowest BCUT2D eigenvalue weighted by atomic mass is 9.95. The lowest BCUT2D eigenvalue weighted by Crippen LogP contribution is -2.07. The van der Waals surface area contributed by atoms with E-state index in [0.29, 0.717) is 28.2 Å². The molecule has 0 unspecified atom stereocenters. The minimum absolute atomic E-state index is 0.250. The number of hydrogen-bond donors (Lipinski definition) is 0. The first kappa shape index (κ1) is 14.6. The number of fused-ring (bicyclic) bond motifs is 1. The average Bonchev–Trinajstić information content (AvgIpc) is 3.24. The summed E-state index contributed by atoms with van der Waals surface area (Å²) < 4.78 is 41.0. The molecule has 0 saturated heterocycles. The van der Waals surface area contributed by atoms with Crippen molar-refractivity contribution in [2.24, 2.45) is 4.99 Å². The van der Waals surface area contributed by atoms with E-state index in [2.05, 4.69) is 19.9 Å². The number of alkyl halides is 3. The Bertz CT molecular complexity index is 912. The molecule has 24 heavy (non-hydrogen) atoms. The molecule has 0 saturated carbocycles. The smallest absolute Gasteiger partial charge is 0.288 e. The second-order valence-electron chi connectivity index (χ2n) is 5.31. The van der Waals surface area contributed by atoms with Gasteiger partial charge >= 0.3 is 6.18 Å². The third-order valence-corrected chi connectivity index (χ3v) is 3.76. The first-order chi connectivity index (χ1) is 11.5. The van der Waals surface area contributed by atoms with Crippen LogP contribution in [0.5, 0.6) is 0 Å². The molecule has 1 aliphatic heterocycles. The summed E-state index contributed by atoms with van der Waals surface area (Å²) in [7, 11) is 0. The fourth-order valence-corrected chi connectivity index (χ4v) is 2.61. The van der Waals surface area contributed by atoms with Gasteiger partial charge in [-0.25, -0.2) is 15.0 Å². The Hall–Kier alpha value is -3.03. The summed E-state index contributed by atoms with van der Waals surface area (Å²) in [6.07, 6.45) is 5.01. The monoisotopic (exact) mass is 329 g/mol. The van der Waals surface area contributed by atoms with Gasteiger partial charge in [-0.15, -0.1) is 0 Å². The Labute approximate surface area is 134 Å². The van der Waals surface area contributed by atoms with Crippen LogP contribution in [0, 0.1) is 0 Å². The van der Waals surface area contributed by atoms with E-state index in [4.69, 9.17) is 0 Å². The second kappa shape index (κ2) is 5.26. The predicted octanol–water partition coefficient (Wildman–Crippen LogP) is 3.28. The summed E-state index contributed by atoms with van der Waals surface area (Å²) in [6, 6.07) is 2.26. The number of hydrogen-bond acceptors (Lipinski definition) is 4. The molecule has 0 amide bonds. The van der Waals surface area contributed by atoms with E-state index in [1.54, 1.807) is 29.5 Å². The van der Waals surface area contributed by atoms with Crippen molar-refractivity contribution in [3.05, 3.63) is 59.9 Å². The van der Waals surface area contributed by atoms with Gasteiger partial charge in [-0.2, -0.15) is 13.2 Å². The van der Waals surface area contributed by atoms with E-state index in [0.717, 1.165) is 12.1 Å². The number of rotatable bonds is 2. The van der Waals surface area contributed by atoms with Gasteiger partial charge in [0.25, 0.3) is 0 Å². The van der Waals surface area contributed by atoms with E-state index >= 15 is 0 Å². The molecule has 5 nitrogen and oxygen atoms in total. The standard InChI is InChI=1S/C16H10F3N5/c17-16(18,19)12-3-10-5-21-8-14(10)13(4-12)11-6-22-15(23-7-11)24-2-1-20-9-24/h1-4,6-9H,5H2. The Balaban J connectivity index is 1.81. The van der Waals surface area contributed by atoms with Gasteiger partial charge in [0.05, 0.1) is 12.1 Å². The topological polar surface area (TPSA) is 56.0 Å². The van der Waals surface area contributed by atoms with Crippen molar-refractivity contribution in [3.8, 4) is 17.1 Å². The van der Waals surface area contributed by atoms with Crippen LogP contribution in [-0.2, 0) is 12.7 Å². The Kier molecular flexibility index (Phi) is 3.19. The summed E-state index contributed by atoms with van der Waals surface area (Å²) in [5.74, 6) is 0.397. The zero-order valence-corrected chi connectivity index (χ0v) is 12.2. The summed E-state index contributed by atoms with van der Waals surface area (Å²) in [5.41, 5.74) is 1.48. The molecular formula is C16H10F3N5. The van der Waals surface area contributed by atoms with Crippen LogP contribution in [0.25, 0.3) is 17.1 Å². The summed E-state index contributed by atoms with van der Waals surface area (Å²) in [6.45, 7) is 0.250. The van der Waals surface area contributed by atoms with Crippen molar-refractivity contribution in [2.75, 3.05) is 0 Å². The highest BCUT2D eigenvalue weighted by Crippen LogP contribution is 2.36.